The van der Waals surface area contributed by atoms with Gasteiger partial charge in [0.1, 0.15) is 9.34 Å². The van der Waals surface area contributed by atoms with Gasteiger partial charge >= 0.3 is 5.97 Å². The average Bonchev–Trinajstić information content (AvgIpc) is 2.76. The van der Waals surface area contributed by atoms with E-state index in [1.807, 2.05) is 0 Å². The summed E-state index contributed by atoms with van der Waals surface area (Å²) < 4.78 is 0.333. The number of hydrogen-bond donors (Lipinski definition) is 1. The number of halogens is 1. The van der Waals surface area contributed by atoms with Crippen molar-refractivity contribution in [1.29, 1.82) is 0 Å². The van der Waals surface area contributed by atoms with Crippen LogP contribution in [0, 0.1) is 10.1 Å². The summed E-state index contributed by atoms with van der Waals surface area (Å²) in [6.07, 6.45) is 1.74. The van der Waals surface area contributed by atoms with Crippen molar-refractivity contribution >= 4 is 63.5 Å². The Morgan fingerprint density at radius 1 is 1.50 bits per heavy atom. The number of rotatable bonds is 6. The Morgan fingerprint density at radius 2 is 2.21 bits per heavy atom. The topological polar surface area (TPSA) is 101 Å². The van der Waals surface area contributed by atoms with Crippen molar-refractivity contribution in [3.8, 4) is 0 Å². The van der Waals surface area contributed by atoms with Gasteiger partial charge in [-0.05, 0) is 24.1 Å². The molecule has 7 nitrogen and oxygen atoms in total. The summed E-state index contributed by atoms with van der Waals surface area (Å²) in [7, 11) is 0. The first kappa shape index (κ1) is 18.4. The van der Waals surface area contributed by atoms with Crippen molar-refractivity contribution in [2.45, 2.75) is 12.8 Å². The maximum atomic E-state index is 12.3. The first-order valence-electron chi connectivity index (χ1n) is 6.70. The summed E-state index contributed by atoms with van der Waals surface area (Å²) in [6, 6.07) is 4.23. The van der Waals surface area contributed by atoms with Gasteiger partial charge < -0.3 is 5.11 Å². The lowest BCUT2D eigenvalue weighted by atomic mass is 10.2. The van der Waals surface area contributed by atoms with Gasteiger partial charge in [0.15, 0.2) is 0 Å². The van der Waals surface area contributed by atoms with Gasteiger partial charge in [-0.25, -0.2) is 0 Å². The van der Waals surface area contributed by atoms with Crippen LogP contribution in [0.3, 0.4) is 0 Å². The van der Waals surface area contributed by atoms with Crippen molar-refractivity contribution < 1.29 is 19.6 Å². The number of benzene rings is 1. The Bertz CT molecular complexity index is 766. The molecule has 1 aromatic rings. The fourth-order valence-corrected chi connectivity index (χ4v) is 3.49. The molecule has 126 valence electrons. The van der Waals surface area contributed by atoms with E-state index in [2.05, 4.69) is 0 Å². The first-order valence-corrected chi connectivity index (χ1v) is 8.31. The number of nitro benzene ring substituents is 1. The molecule has 2 rings (SSSR count). The van der Waals surface area contributed by atoms with Crippen molar-refractivity contribution in [2.75, 3.05) is 6.54 Å². The molecule has 0 aliphatic carbocycles. The predicted octanol–water partition coefficient (Wildman–Crippen LogP) is 3.31. The lowest BCUT2D eigenvalue weighted by molar-refractivity contribution is -0.384. The molecule has 0 radical (unpaired) electrons. The summed E-state index contributed by atoms with van der Waals surface area (Å²) >= 11 is 12.0. The summed E-state index contributed by atoms with van der Waals surface area (Å²) in [5, 5.41) is 19.6. The minimum atomic E-state index is -0.940. The van der Waals surface area contributed by atoms with Crippen LogP contribution in [-0.2, 0) is 9.59 Å². The monoisotopic (exact) mass is 386 g/mol. The number of carbonyl (C=O) groups is 2. The van der Waals surface area contributed by atoms with Crippen LogP contribution in [0.5, 0.6) is 0 Å². The molecule has 0 saturated carbocycles. The van der Waals surface area contributed by atoms with E-state index in [9.17, 15) is 19.7 Å². The SMILES string of the molecule is O=C(O)CCCN1C(=O)/C(=C\c2ccc(Cl)c([N+](=O)[O-])c2)SC1=S. The van der Waals surface area contributed by atoms with Gasteiger partial charge in [0.2, 0.25) is 0 Å². The minimum absolute atomic E-state index is 0.0124. The van der Waals surface area contributed by atoms with Gasteiger partial charge in [0, 0.05) is 19.0 Å². The molecule has 1 aliphatic rings. The van der Waals surface area contributed by atoms with Gasteiger partial charge in [0.05, 0.1) is 9.83 Å². The molecule has 1 heterocycles. The van der Waals surface area contributed by atoms with Crippen LogP contribution in [0.25, 0.3) is 6.08 Å². The van der Waals surface area contributed by atoms with Gasteiger partial charge in [-0.1, -0.05) is 41.6 Å². The van der Waals surface area contributed by atoms with E-state index < -0.39 is 10.9 Å². The Labute approximate surface area is 151 Å². The molecule has 0 atom stereocenters. The molecular weight excluding hydrogens is 376 g/mol. The predicted molar refractivity (Wildman–Crippen MR) is 94.9 cm³/mol. The highest BCUT2D eigenvalue weighted by molar-refractivity contribution is 8.26. The first-order chi connectivity index (χ1) is 11.3. The fraction of sp³-hybridized carbons (Fsp3) is 0.214. The normalized spacial score (nSPS) is 16.0. The molecule has 1 amide bonds. The largest absolute Gasteiger partial charge is 0.481 e. The van der Waals surface area contributed by atoms with Crippen LogP contribution >= 0.6 is 35.6 Å². The number of hydrogen-bond acceptors (Lipinski definition) is 6. The molecule has 0 unspecified atom stereocenters. The van der Waals surface area contributed by atoms with E-state index in [0.717, 1.165) is 11.8 Å². The molecule has 1 saturated heterocycles. The molecule has 10 heteroatoms. The molecular formula is C14H11ClN2O5S2. The standard InChI is InChI=1S/C14H11ClN2O5S2/c15-9-4-3-8(6-10(9)17(21)22)7-11-13(20)16(14(23)24-11)5-1-2-12(18)19/h3-4,6-7H,1-2,5H2,(H,18,19)/b11-7+. The van der Waals surface area contributed by atoms with Crippen LogP contribution in [0.1, 0.15) is 18.4 Å². The molecule has 0 aromatic heterocycles. The molecule has 1 aromatic carbocycles. The van der Waals surface area contributed by atoms with E-state index in [1.165, 1.54) is 23.1 Å². The van der Waals surface area contributed by atoms with Crippen molar-refractivity contribution in [3.63, 3.8) is 0 Å². The molecule has 24 heavy (non-hydrogen) atoms. The fourth-order valence-electron chi connectivity index (χ4n) is 1.99. The van der Waals surface area contributed by atoms with Crippen molar-refractivity contribution in [2.24, 2.45) is 0 Å². The number of thiocarbonyl (C=S) groups is 1. The number of carbonyl (C=O) groups excluding carboxylic acids is 1. The van der Waals surface area contributed by atoms with Gasteiger partial charge in [-0.15, -0.1) is 0 Å². The molecule has 1 N–H and O–H groups in total. The number of thioether (sulfide) groups is 1. The maximum Gasteiger partial charge on any atom is 0.303 e. The van der Waals surface area contributed by atoms with E-state index in [0.29, 0.717) is 21.2 Å². The zero-order valence-electron chi connectivity index (χ0n) is 12.1. The lowest BCUT2D eigenvalue weighted by Gasteiger charge is -2.13. The second-order valence-corrected chi connectivity index (χ2v) is 6.88. The zero-order chi connectivity index (χ0) is 17.9. The van der Waals surface area contributed by atoms with Gasteiger partial charge in [-0.2, -0.15) is 0 Å². The Balaban J connectivity index is 2.18. The van der Waals surface area contributed by atoms with Crippen LogP contribution in [-0.4, -0.2) is 37.7 Å². The third kappa shape index (κ3) is 4.31. The van der Waals surface area contributed by atoms with Gasteiger partial charge in [-0.3, -0.25) is 24.6 Å². The second-order valence-electron chi connectivity index (χ2n) is 4.80. The van der Waals surface area contributed by atoms with E-state index in [-0.39, 0.29) is 29.6 Å². The maximum absolute atomic E-state index is 12.3. The number of aliphatic carboxylic acids is 1. The third-order valence-corrected chi connectivity index (χ3v) is 4.81. The van der Waals surface area contributed by atoms with Crippen molar-refractivity contribution in [1.82, 2.24) is 4.90 Å². The van der Waals surface area contributed by atoms with Crippen LogP contribution in [0.2, 0.25) is 5.02 Å². The number of nitrogens with zero attached hydrogens (tertiary/aromatic N) is 2. The van der Waals surface area contributed by atoms with E-state index in [4.69, 9.17) is 28.9 Å². The summed E-state index contributed by atoms with van der Waals surface area (Å²) in [4.78, 5) is 34.8. The minimum Gasteiger partial charge on any atom is -0.481 e. The Kier molecular flexibility index (Phi) is 5.92. The highest BCUT2D eigenvalue weighted by Gasteiger charge is 2.31. The van der Waals surface area contributed by atoms with E-state index in [1.54, 1.807) is 6.07 Å². The number of carboxylic acids is 1. The van der Waals surface area contributed by atoms with Crippen LogP contribution in [0.15, 0.2) is 23.1 Å². The lowest BCUT2D eigenvalue weighted by Crippen LogP contribution is -2.29. The quantitative estimate of drug-likeness (QED) is 0.346. The van der Waals surface area contributed by atoms with E-state index >= 15 is 0 Å². The second kappa shape index (κ2) is 7.73. The smallest absolute Gasteiger partial charge is 0.303 e. The van der Waals surface area contributed by atoms with Crippen molar-refractivity contribution in [3.05, 3.63) is 43.8 Å². The van der Waals surface area contributed by atoms with Crippen LogP contribution in [0.4, 0.5) is 5.69 Å². The Hall–Kier alpha value is -1.97. The summed E-state index contributed by atoms with van der Waals surface area (Å²) in [5.74, 6) is -1.28. The number of amides is 1. The molecule has 1 fully saturated rings. The molecule has 1 aliphatic heterocycles. The average molecular weight is 387 g/mol. The summed E-state index contributed by atoms with van der Waals surface area (Å²) in [6.45, 7) is 0.217. The highest BCUT2D eigenvalue weighted by Crippen LogP contribution is 2.34. The molecule has 0 spiro atoms. The zero-order valence-corrected chi connectivity index (χ0v) is 14.5. The van der Waals surface area contributed by atoms with Gasteiger partial charge in [0.25, 0.3) is 11.6 Å². The number of nitro groups is 1. The van der Waals surface area contributed by atoms with Crippen LogP contribution < -0.4 is 0 Å². The highest BCUT2D eigenvalue weighted by atomic mass is 35.5. The Morgan fingerprint density at radius 3 is 2.83 bits per heavy atom. The third-order valence-electron chi connectivity index (χ3n) is 3.11. The number of carboxylic acid groups (broad SMARTS) is 1. The summed E-state index contributed by atoms with van der Waals surface area (Å²) in [5.41, 5.74) is 0.208. The molecule has 0 bridgehead atoms.